The van der Waals surface area contributed by atoms with Crippen molar-refractivity contribution in [3.05, 3.63) is 47.5 Å². The number of nitrogens with one attached hydrogen (secondary N) is 1. The average Bonchev–Trinajstić information content (AvgIpc) is 2.90. The Morgan fingerprint density at radius 2 is 1.85 bits per heavy atom. The summed E-state index contributed by atoms with van der Waals surface area (Å²) in [7, 11) is 0. The molecule has 4 nitrogen and oxygen atoms in total. The van der Waals surface area contributed by atoms with Gasteiger partial charge in [0.05, 0.1) is 5.41 Å². The first-order valence-corrected chi connectivity index (χ1v) is 7.44. The molecule has 0 unspecified atom stereocenters. The van der Waals surface area contributed by atoms with Crippen LogP contribution < -0.4 is 5.32 Å². The standard InChI is InChI=1S/C16H22N4/c1-3-20-13(2)18-19-15(20)16(9-11-17-12-10-16)14-7-5-4-6-8-14/h4-8,17H,3,9-12H2,1-2H3. The molecule has 0 spiro atoms. The molecule has 2 heterocycles. The third-order valence-electron chi connectivity index (χ3n) is 4.46. The van der Waals surface area contributed by atoms with Crippen molar-refractivity contribution in [2.75, 3.05) is 13.1 Å². The number of aromatic nitrogens is 3. The van der Waals surface area contributed by atoms with Crippen molar-refractivity contribution in [3.8, 4) is 0 Å². The summed E-state index contributed by atoms with van der Waals surface area (Å²) in [5, 5.41) is 12.3. The highest BCUT2D eigenvalue weighted by Crippen LogP contribution is 2.39. The van der Waals surface area contributed by atoms with E-state index in [1.54, 1.807) is 0 Å². The molecule has 1 aliphatic heterocycles. The molecule has 4 heteroatoms. The Hall–Kier alpha value is -1.68. The molecule has 1 aliphatic rings. The van der Waals surface area contributed by atoms with E-state index < -0.39 is 0 Å². The van der Waals surface area contributed by atoms with E-state index in [1.165, 1.54) is 5.56 Å². The molecule has 0 amide bonds. The molecule has 1 fully saturated rings. The quantitative estimate of drug-likeness (QED) is 0.930. The first kappa shape index (κ1) is 13.3. The minimum absolute atomic E-state index is 0.00375. The van der Waals surface area contributed by atoms with Gasteiger partial charge in [-0.05, 0) is 45.3 Å². The van der Waals surface area contributed by atoms with Crippen molar-refractivity contribution < 1.29 is 0 Å². The van der Waals surface area contributed by atoms with Crippen molar-refractivity contribution >= 4 is 0 Å². The van der Waals surface area contributed by atoms with Crippen molar-refractivity contribution in [1.82, 2.24) is 20.1 Å². The Morgan fingerprint density at radius 3 is 2.50 bits per heavy atom. The van der Waals surface area contributed by atoms with Crippen LogP contribution >= 0.6 is 0 Å². The van der Waals surface area contributed by atoms with Gasteiger partial charge in [-0.15, -0.1) is 10.2 Å². The van der Waals surface area contributed by atoms with Crippen LogP contribution in [-0.2, 0) is 12.0 Å². The van der Waals surface area contributed by atoms with Crippen LogP contribution in [0.15, 0.2) is 30.3 Å². The number of nitrogens with zero attached hydrogens (tertiary/aromatic N) is 3. The number of rotatable bonds is 3. The smallest absolute Gasteiger partial charge is 0.143 e. The van der Waals surface area contributed by atoms with Crippen LogP contribution in [0.1, 0.15) is 37.0 Å². The zero-order valence-corrected chi connectivity index (χ0v) is 12.3. The Morgan fingerprint density at radius 1 is 1.15 bits per heavy atom. The highest BCUT2D eigenvalue weighted by molar-refractivity contribution is 5.34. The Kier molecular flexibility index (Phi) is 3.57. The normalized spacial score (nSPS) is 18.1. The third kappa shape index (κ3) is 2.04. The van der Waals surface area contributed by atoms with E-state index in [4.69, 9.17) is 0 Å². The molecular weight excluding hydrogens is 248 g/mol. The SMILES string of the molecule is CCn1c(C)nnc1C1(c2ccccc2)CCNCC1. The van der Waals surface area contributed by atoms with Crippen LogP contribution in [0.25, 0.3) is 0 Å². The molecule has 0 aliphatic carbocycles. The number of piperidine rings is 1. The largest absolute Gasteiger partial charge is 0.317 e. The van der Waals surface area contributed by atoms with E-state index in [-0.39, 0.29) is 5.41 Å². The summed E-state index contributed by atoms with van der Waals surface area (Å²) in [5.74, 6) is 2.14. The predicted molar refractivity (Wildman–Crippen MR) is 79.8 cm³/mol. The van der Waals surface area contributed by atoms with E-state index in [9.17, 15) is 0 Å². The van der Waals surface area contributed by atoms with Crippen LogP contribution in [-0.4, -0.2) is 27.9 Å². The van der Waals surface area contributed by atoms with E-state index in [0.29, 0.717) is 0 Å². The fourth-order valence-corrected chi connectivity index (χ4v) is 3.37. The lowest BCUT2D eigenvalue weighted by Crippen LogP contribution is -2.42. The van der Waals surface area contributed by atoms with Gasteiger partial charge in [-0.2, -0.15) is 0 Å². The maximum Gasteiger partial charge on any atom is 0.143 e. The second-order valence-corrected chi connectivity index (χ2v) is 5.51. The summed E-state index contributed by atoms with van der Waals surface area (Å²) in [5.41, 5.74) is 1.37. The van der Waals surface area contributed by atoms with Gasteiger partial charge in [0.2, 0.25) is 0 Å². The molecule has 1 aromatic carbocycles. The Labute approximate surface area is 120 Å². The van der Waals surface area contributed by atoms with Gasteiger partial charge in [-0.25, -0.2) is 0 Å². The fraction of sp³-hybridized carbons (Fsp3) is 0.500. The summed E-state index contributed by atoms with van der Waals surface area (Å²) < 4.78 is 2.26. The van der Waals surface area contributed by atoms with Gasteiger partial charge in [0.15, 0.2) is 0 Å². The molecule has 1 aromatic heterocycles. The first-order valence-electron chi connectivity index (χ1n) is 7.44. The summed E-state index contributed by atoms with van der Waals surface area (Å²) >= 11 is 0. The molecule has 1 N–H and O–H groups in total. The molecule has 3 rings (SSSR count). The molecule has 1 saturated heterocycles. The minimum Gasteiger partial charge on any atom is -0.317 e. The third-order valence-corrected chi connectivity index (χ3v) is 4.46. The summed E-state index contributed by atoms with van der Waals surface area (Å²) in [6.45, 7) is 7.20. The van der Waals surface area contributed by atoms with Gasteiger partial charge in [0.25, 0.3) is 0 Å². The van der Waals surface area contributed by atoms with E-state index >= 15 is 0 Å². The van der Waals surface area contributed by atoms with E-state index in [0.717, 1.165) is 44.1 Å². The molecule has 20 heavy (non-hydrogen) atoms. The van der Waals surface area contributed by atoms with Gasteiger partial charge in [0.1, 0.15) is 11.6 Å². The molecule has 0 atom stereocenters. The van der Waals surface area contributed by atoms with Crippen LogP contribution in [0.3, 0.4) is 0 Å². The van der Waals surface area contributed by atoms with Gasteiger partial charge < -0.3 is 9.88 Å². The lowest BCUT2D eigenvalue weighted by molar-refractivity contribution is 0.334. The van der Waals surface area contributed by atoms with Crippen molar-refractivity contribution in [3.63, 3.8) is 0 Å². The molecule has 2 aromatic rings. The Balaban J connectivity index is 2.15. The molecular formula is C16H22N4. The van der Waals surface area contributed by atoms with Crippen LogP contribution in [0.4, 0.5) is 0 Å². The van der Waals surface area contributed by atoms with Gasteiger partial charge in [-0.1, -0.05) is 30.3 Å². The zero-order chi connectivity index (χ0) is 14.0. The van der Waals surface area contributed by atoms with Crippen LogP contribution in [0.2, 0.25) is 0 Å². The maximum absolute atomic E-state index is 4.54. The van der Waals surface area contributed by atoms with Gasteiger partial charge in [-0.3, -0.25) is 0 Å². The van der Waals surface area contributed by atoms with E-state index in [1.807, 2.05) is 6.92 Å². The van der Waals surface area contributed by atoms with Crippen LogP contribution in [0.5, 0.6) is 0 Å². The second kappa shape index (κ2) is 5.37. The molecule has 0 saturated carbocycles. The van der Waals surface area contributed by atoms with Gasteiger partial charge >= 0.3 is 0 Å². The summed E-state index contributed by atoms with van der Waals surface area (Å²) in [6, 6.07) is 10.8. The maximum atomic E-state index is 4.54. The van der Waals surface area contributed by atoms with Gasteiger partial charge in [0, 0.05) is 6.54 Å². The second-order valence-electron chi connectivity index (χ2n) is 5.51. The minimum atomic E-state index is 0.00375. The predicted octanol–water partition coefficient (Wildman–Crippen LogP) is 2.28. The topological polar surface area (TPSA) is 42.7 Å². The lowest BCUT2D eigenvalue weighted by atomic mass is 9.72. The molecule has 0 bridgehead atoms. The number of benzene rings is 1. The van der Waals surface area contributed by atoms with Crippen LogP contribution in [0, 0.1) is 6.92 Å². The number of hydrogen-bond acceptors (Lipinski definition) is 3. The zero-order valence-electron chi connectivity index (χ0n) is 12.3. The highest BCUT2D eigenvalue weighted by Gasteiger charge is 2.40. The van der Waals surface area contributed by atoms with Crippen molar-refractivity contribution in [2.24, 2.45) is 0 Å². The van der Waals surface area contributed by atoms with Crippen molar-refractivity contribution in [2.45, 2.75) is 38.6 Å². The fourth-order valence-electron chi connectivity index (χ4n) is 3.37. The lowest BCUT2D eigenvalue weighted by Gasteiger charge is -2.37. The van der Waals surface area contributed by atoms with E-state index in [2.05, 4.69) is 57.3 Å². The first-order chi connectivity index (χ1) is 9.78. The molecule has 0 radical (unpaired) electrons. The number of hydrogen-bond donors (Lipinski definition) is 1. The molecule has 106 valence electrons. The average molecular weight is 270 g/mol. The Bertz CT molecular complexity index is 567. The summed E-state index contributed by atoms with van der Waals surface area (Å²) in [4.78, 5) is 0. The van der Waals surface area contributed by atoms with Crippen molar-refractivity contribution in [1.29, 1.82) is 0 Å². The number of aryl methyl sites for hydroxylation is 1. The highest BCUT2D eigenvalue weighted by atomic mass is 15.3. The monoisotopic (exact) mass is 270 g/mol. The summed E-state index contributed by atoms with van der Waals surface area (Å²) in [6.07, 6.45) is 2.16.